The van der Waals surface area contributed by atoms with E-state index in [2.05, 4.69) is 15.6 Å². The SMILES string of the molecule is COc1ccccc1NC(N)=NCCC(=O)NC(C)C. The summed E-state index contributed by atoms with van der Waals surface area (Å²) >= 11 is 0. The molecule has 0 saturated heterocycles. The molecule has 1 aromatic carbocycles. The number of nitrogens with one attached hydrogen (secondary N) is 2. The number of para-hydroxylation sites is 2. The summed E-state index contributed by atoms with van der Waals surface area (Å²) in [5, 5.41) is 5.74. The molecule has 0 saturated carbocycles. The summed E-state index contributed by atoms with van der Waals surface area (Å²) < 4.78 is 5.20. The quantitative estimate of drug-likeness (QED) is 0.541. The smallest absolute Gasteiger partial charge is 0.222 e. The van der Waals surface area contributed by atoms with E-state index in [4.69, 9.17) is 10.5 Å². The highest BCUT2D eigenvalue weighted by Crippen LogP contribution is 2.22. The summed E-state index contributed by atoms with van der Waals surface area (Å²) in [4.78, 5) is 15.5. The lowest BCUT2D eigenvalue weighted by molar-refractivity contribution is -0.121. The predicted octanol–water partition coefficient (Wildman–Crippen LogP) is 1.34. The molecule has 0 atom stereocenters. The third kappa shape index (κ3) is 5.60. The zero-order chi connectivity index (χ0) is 15.0. The second kappa shape index (κ2) is 8.04. The maximum atomic E-state index is 11.4. The summed E-state index contributed by atoms with van der Waals surface area (Å²) in [5.74, 6) is 0.906. The van der Waals surface area contributed by atoms with Gasteiger partial charge in [-0.05, 0) is 26.0 Å². The molecule has 0 aliphatic rings. The number of benzene rings is 1. The number of hydrogen-bond acceptors (Lipinski definition) is 3. The Hall–Kier alpha value is -2.24. The average Bonchev–Trinajstić information content (AvgIpc) is 2.38. The summed E-state index contributed by atoms with van der Waals surface area (Å²) in [6, 6.07) is 7.54. The van der Waals surface area contributed by atoms with Crippen LogP contribution in [0.2, 0.25) is 0 Å². The molecule has 0 heterocycles. The molecule has 0 bridgehead atoms. The van der Waals surface area contributed by atoms with E-state index < -0.39 is 0 Å². The lowest BCUT2D eigenvalue weighted by Crippen LogP contribution is -2.30. The van der Waals surface area contributed by atoms with Crippen molar-refractivity contribution in [3.8, 4) is 5.75 Å². The maximum absolute atomic E-state index is 11.4. The van der Waals surface area contributed by atoms with Crippen LogP contribution < -0.4 is 21.1 Å². The van der Waals surface area contributed by atoms with Crippen molar-refractivity contribution in [3.05, 3.63) is 24.3 Å². The van der Waals surface area contributed by atoms with Crippen LogP contribution in [0.3, 0.4) is 0 Å². The monoisotopic (exact) mass is 278 g/mol. The van der Waals surface area contributed by atoms with Crippen LogP contribution in [-0.2, 0) is 4.79 Å². The van der Waals surface area contributed by atoms with E-state index in [-0.39, 0.29) is 17.9 Å². The molecule has 4 N–H and O–H groups in total. The van der Waals surface area contributed by atoms with E-state index in [9.17, 15) is 4.79 Å². The number of hydrogen-bond donors (Lipinski definition) is 3. The second-order valence-electron chi connectivity index (χ2n) is 4.56. The van der Waals surface area contributed by atoms with Crippen LogP contribution in [0, 0.1) is 0 Å². The molecule has 0 unspecified atom stereocenters. The molecule has 110 valence electrons. The van der Waals surface area contributed by atoms with Crippen LogP contribution in [0.25, 0.3) is 0 Å². The van der Waals surface area contributed by atoms with Crippen molar-refractivity contribution < 1.29 is 9.53 Å². The van der Waals surface area contributed by atoms with E-state index in [1.807, 2.05) is 38.1 Å². The summed E-state index contributed by atoms with van der Waals surface area (Å²) in [6.45, 7) is 4.17. The Morgan fingerprint density at radius 2 is 2.10 bits per heavy atom. The van der Waals surface area contributed by atoms with E-state index >= 15 is 0 Å². The maximum Gasteiger partial charge on any atom is 0.222 e. The largest absolute Gasteiger partial charge is 0.495 e. The van der Waals surface area contributed by atoms with Gasteiger partial charge >= 0.3 is 0 Å². The molecule has 0 spiro atoms. The Morgan fingerprint density at radius 3 is 2.75 bits per heavy atom. The van der Waals surface area contributed by atoms with Gasteiger partial charge in [-0.2, -0.15) is 0 Å². The minimum atomic E-state index is -0.0335. The highest BCUT2D eigenvalue weighted by molar-refractivity contribution is 5.93. The topological polar surface area (TPSA) is 88.7 Å². The van der Waals surface area contributed by atoms with Crippen molar-refractivity contribution in [2.24, 2.45) is 10.7 Å². The van der Waals surface area contributed by atoms with Crippen LogP contribution in [0.5, 0.6) is 5.75 Å². The first kappa shape index (κ1) is 15.8. The van der Waals surface area contributed by atoms with E-state index in [1.165, 1.54) is 0 Å². The fourth-order valence-corrected chi connectivity index (χ4v) is 1.60. The molecule has 20 heavy (non-hydrogen) atoms. The average molecular weight is 278 g/mol. The Bertz CT molecular complexity index is 472. The van der Waals surface area contributed by atoms with Crippen LogP contribution in [-0.4, -0.2) is 31.6 Å². The number of rotatable bonds is 6. The number of carbonyl (C=O) groups is 1. The van der Waals surface area contributed by atoms with Crippen molar-refractivity contribution in [2.75, 3.05) is 19.0 Å². The fourth-order valence-electron chi connectivity index (χ4n) is 1.60. The first-order chi connectivity index (χ1) is 9.52. The summed E-state index contributed by atoms with van der Waals surface area (Å²) in [5.41, 5.74) is 6.51. The molecule has 1 aromatic rings. The van der Waals surface area contributed by atoms with E-state index in [0.717, 1.165) is 5.69 Å². The minimum absolute atomic E-state index is 0.0335. The molecule has 6 nitrogen and oxygen atoms in total. The number of aliphatic imine (C=N–C) groups is 1. The van der Waals surface area contributed by atoms with Crippen LogP contribution in [0.15, 0.2) is 29.3 Å². The first-order valence-electron chi connectivity index (χ1n) is 6.52. The van der Waals surface area contributed by atoms with Gasteiger partial charge in [-0.1, -0.05) is 12.1 Å². The molecule has 1 rings (SSSR count). The molecule has 0 aliphatic carbocycles. The zero-order valence-electron chi connectivity index (χ0n) is 12.1. The third-order valence-corrected chi connectivity index (χ3v) is 2.44. The fraction of sp³-hybridized carbons (Fsp3) is 0.429. The number of guanidine groups is 1. The van der Waals surface area contributed by atoms with Crippen molar-refractivity contribution in [2.45, 2.75) is 26.3 Å². The third-order valence-electron chi connectivity index (χ3n) is 2.44. The number of amides is 1. The zero-order valence-corrected chi connectivity index (χ0v) is 12.1. The van der Waals surface area contributed by atoms with Crippen LogP contribution in [0.4, 0.5) is 5.69 Å². The number of methoxy groups -OCH3 is 1. The highest BCUT2D eigenvalue weighted by atomic mass is 16.5. The van der Waals surface area contributed by atoms with Gasteiger partial charge in [0.15, 0.2) is 5.96 Å². The van der Waals surface area contributed by atoms with Crippen molar-refractivity contribution in [1.82, 2.24) is 5.32 Å². The normalized spacial score (nSPS) is 11.3. The van der Waals surface area contributed by atoms with Gasteiger partial charge in [0.05, 0.1) is 19.3 Å². The second-order valence-corrected chi connectivity index (χ2v) is 4.56. The lowest BCUT2D eigenvalue weighted by Gasteiger charge is -2.10. The van der Waals surface area contributed by atoms with Crippen molar-refractivity contribution >= 4 is 17.6 Å². The van der Waals surface area contributed by atoms with Gasteiger partial charge in [-0.3, -0.25) is 9.79 Å². The van der Waals surface area contributed by atoms with Gasteiger partial charge in [-0.15, -0.1) is 0 Å². The van der Waals surface area contributed by atoms with E-state index in [1.54, 1.807) is 7.11 Å². The van der Waals surface area contributed by atoms with Crippen molar-refractivity contribution in [1.29, 1.82) is 0 Å². The lowest BCUT2D eigenvalue weighted by atomic mass is 10.3. The Balaban J connectivity index is 2.48. The Labute approximate surface area is 119 Å². The summed E-state index contributed by atoms with van der Waals surface area (Å²) in [7, 11) is 1.59. The number of anilines is 1. The van der Waals surface area contributed by atoms with Crippen LogP contribution >= 0.6 is 0 Å². The molecule has 6 heteroatoms. The summed E-state index contributed by atoms with van der Waals surface area (Å²) in [6.07, 6.45) is 0.312. The number of ether oxygens (including phenoxy) is 1. The molecular formula is C14H22N4O2. The van der Waals surface area contributed by atoms with Gasteiger partial charge in [0.2, 0.25) is 5.91 Å². The first-order valence-corrected chi connectivity index (χ1v) is 6.52. The standard InChI is InChI=1S/C14H22N4O2/c1-10(2)17-13(19)8-9-16-14(15)18-11-6-4-5-7-12(11)20-3/h4-7,10H,8-9H2,1-3H3,(H,17,19)(H3,15,16,18). The van der Waals surface area contributed by atoms with Crippen molar-refractivity contribution in [3.63, 3.8) is 0 Å². The molecule has 0 fully saturated rings. The molecule has 0 aromatic heterocycles. The van der Waals surface area contributed by atoms with Gasteiger partial charge in [-0.25, -0.2) is 0 Å². The van der Waals surface area contributed by atoms with Crippen LogP contribution in [0.1, 0.15) is 20.3 Å². The number of nitrogens with zero attached hydrogens (tertiary/aromatic N) is 1. The van der Waals surface area contributed by atoms with Gasteiger partial charge in [0.25, 0.3) is 0 Å². The highest BCUT2D eigenvalue weighted by Gasteiger charge is 2.04. The molecule has 0 radical (unpaired) electrons. The van der Waals surface area contributed by atoms with E-state index in [0.29, 0.717) is 18.7 Å². The molecule has 0 aliphatic heterocycles. The molecule has 1 amide bonds. The Morgan fingerprint density at radius 1 is 1.40 bits per heavy atom. The molecular weight excluding hydrogens is 256 g/mol. The number of carbonyl (C=O) groups excluding carboxylic acids is 1. The van der Waals surface area contributed by atoms with Gasteiger partial charge in [0, 0.05) is 12.5 Å². The minimum Gasteiger partial charge on any atom is -0.495 e. The number of nitrogens with two attached hydrogens (primary N) is 1. The van der Waals surface area contributed by atoms with Gasteiger partial charge in [0.1, 0.15) is 5.75 Å². The predicted molar refractivity (Wildman–Crippen MR) is 81.0 cm³/mol. The van der Waals surface area contributed by atoms with Gasteiger partial charge < -0.3 is 21.1 Å². The Kier molecular flexibility index (Phi) is 6.36.